The quantitative estimate of drug-likeness (QED) is 0.769. The maximum Gasteiger partial charge on any atom is 0.318 e. The van der Waals surface area contributed by atoms with Crippen molar-refractivity contribution in [3.8, 4) is 0 Å². The molecule has 0 aliphatic heterocycles. The van der Waals surface area contributed by atoms with Gasteiger partial charge in [-0.2, -0.15) is 0 Å². The fourth-order valence-corrected chi connectivity index (χ4v) is 2.75. The lowest BCUT2D eigenvalue weighted by atomic mass is 9.94. The van der Waals surface area contributed by atoms with Gasteiger partial charge in [-0.25, -0.2) is 0 Å². The Kier molecular flexibility index (Phi) is 5.63. The first kappa shape index (κ1) is 14.3. The van der Waals surface area contributed by atoms with E-state index in [0.29, 0.717) is 24.5 Å². The minimum atomic E-state index is 0.579. The topological polar surface area (TPSA) is 54.2 Å². The third-order valence-electron chi connectivity index (χ3n) is 3.76. The first-order chi connectivity index (χ1) is 9.35. The highest BCUT2D eigenvalue weighted by atomic mass is 16.4. The largest absolute Gasteiger partial charge is 0.407 e. The predicted molar refractivity (Wildman–Crippen MR) is 76.2 cm³/mol. The molecule has 19 heavy (non-hydrogen) atoms. The Labute approximate surface area is 115 Å². The molecule has 1 fully saturated rings. The summed E-state index contributed by atoms with van der Waals surface area (Å²) in [6.07, 6.45) is 7.62. The molecule has 2 rings (SSSR count). The summed E-state index contributed by atoms with van der Waals surface area (Å²) in [6, 6.07) is 1.28. The van der Waals surface area contributed by atoms with Crippen LogP contribution in [0.2, 0.25) is 0 Å². The Hall–Kier alpha value is -1.10. The molecule has 1 aliphatic carbocycles. The molecule has 0 spiro atoms. The number of nitrogens with one attached hydrogen (secondary N) is 1. The molecule has 0 bridgehead atoms. The van der Waals surface area contributed by atoms with Crippen LogP contribution in [0.4, 0.5) is 6.01 Å². The van der Waals surface area contributed by atoms with E-state index in [1.807, 2.05) is 0 Å². The molecule has 0 amide bonds. The maximum absolute atomic E-state index is 5.78. The fraction of sp³-hybridized carbons (Fsp3) is 0.857. The average molecular weight is 266 g/mol. The summed E-state index contributed by atoms with van der Waals surface area (Å²) in [4.78, 5) is 2.27. The van der Waals surface area contributed by atoms with Gasteiger partial charge in [0, 0.05) is 12.6 Å². The summed E-state index contributed by atoms with van der Waals surface area (Å²) < 4.78 is 5.78. The maximum atomic E-state index is 5.78. The first-order valence-corrected chi connectivity index (χ1v) is 7.64. The van der Waals surface area contributed by atoms with E-state index in [-0.39, 0.29) is 0 Å². The zero-order valence-electron chi connectivity index (χ0n) is 12.2. The van der Waals surface area contributed by atoms with Gasteiger partial charge in [-0.15, -0.1) is 5.10 Å². The summed E-state index contributed by atoms with van der Waals surface area (Å²) in [7, 11) is 0. The second-order valence-electron chi connectivity index (χ2n) is 5.23. The van der Waals surface area contributed by atoms with Gasteiger partial charge in [-0.05, 0) is 32.7 Å². The Morgan fingerprint density at radius 1 is 1.21 bits per heavy atom. The molecule has 1 aromatic rings. The molecule has 1 saturated carbocycles. The van der Waals surface area contributed by atoms with Crippen molar-refractivity contribution in [3.63, 3.8) is 0 Å². The fourth-order valence-electron chi connectivity index (χ4n) is 2.75. The second-order valence-corrected chi connectivity index (χ2v) is 5.23. The number of hydrogen-bond acceptors (Lipinski definition) is 5. The second kappa shape index (κ2) is 7.48. The van der Waals surface area contributed by atoms with Crippen LogP contribution in [0.3, 0.4) is 0 Å². The van der Waals surface area contributed by atoms with E-state index < -0.39 is 0 Å². The van der Waals surface area contributed by atoms with Gasteiger partial charge in [0.25, 0.3) is 0 Å². The van der Waals surface area contributed by atoms with Crippen LogP contribution >= 0.6 is 0 Å². The molecule has 1 aliphatic rings. The van der Waals surface area contributed by atoms with Gasteiger partial charge in [0.15, 0.2) is 0 Å². The van der Waals surface area contributed by atoms with E-state index in [1.165, 1.54) is 32.1 Å². The van der Waals surface area contributed by atoms with E-state index >= 15 is 0 Å². The SMILES string of the molecule is CCCNCc1nnc(N(CC)C2CCCCC2)o1. The summed E-state index contributed by atoms with van der Waals surface area (Å²) in [5.74, 6) is 0.692. The first-order valence-electron chi connectivity index (χ1n) is 7.64. The van der Waals surface area contributed by atoms with Gasteiger partial charge < -0.3 is 14.6 Å². The van der Waals surface area contributed by atoms with Crippen LogP contribution in [-0.4, -0.2) is 29.3 Å². The minimum Gasteiger partial charge on any atom is -0.407 e. The molecule has 108 valence electrons. The number of rotatable bonds is 7. The highest BCUT2D eigenvalue weighted by Crippen LogP contribution is 2.26. The van der Waals surface area contributed by atoms with Crippen molar-refractivity contribution in [3.05, 3.63) is 5.89 Å². The van der Waals surface area contributed by atoms with Gasteiger partial charge in [-0.3, -0.25) is 0 Å². The number of hydrogen-bond donors (Lipinski definition) is 1. The average Bonchev–Trinajstić information content (AvgIpc) is 2.90. The molecule has 1 N–H and O–H groups in total. The van der Waals surface area contributed by atoms with E-state index in [0.717, 1.165) is 19.5 Å². The van der Waals surface area contributed by atoms with Crippen molar-refractivity contribution in [1.82, 2.24) is 15.5 Å². The Bertz CT molecular complexity index is 360. The van der Waals surface area contributed by atoms with Crippen molar-refractivity contribution in [1.29, 1.82) is 0 Å². The molecule has 1 heterocycles. The Morgan fingerprint density at radius 3 is 2.68 bits per heavy atom. The lowest BCUT2D eigenvalue weighted by molar-refractivity contribution is 0.386. The van der Waals surface area contributed by atoms with Gasteiger partial charge >= 0.3 is 6.01 Å². The number of aromatic nitrogens is 2. The third kappa shape index (κ3) is 3.93. The third-order valence-corrected chi connectivity index (χ3v) is 3.76. The van der Waals surface area contributed by atoms with E-state index in [4.69, 9.17) is 4.42 Å². The number of nitrogens with zero attached hydrogens (tertiary/aromatic N) is 3. The Balaban J connectivity index is 1.94. The van der Waals surface area contributed by atoms with Crippen molar-refractivity contribution < 1.29 is 4.42 Å². The van der Waals surface area contributed by atoms with Crippen LogP contribution in [-0.2, 0) is 6.54 Å². The molecule has 0 saturated heterocycles. The van der Waals surface area contributed by atoms with E-state index in [2.05, 4.69) is 34.3 Å². The van der Waals surface area contributed by atoms with Crippen LogP contribution in [0.1, 0.15) is 58.3 Å². The van der Waals surface area contributed by atoms with Crippen LogP contribution < -0.4 is 10.2 Å². The molecule has 5 heteroatoms. The molecule has 5 nitrogen and oxygen atoms in total. The van der Waals surface area contributed by atoms with Gasteiger partial charge in [0.2, 0.25) is 5.89 Å². The van der Waals surface area contributed by atoms with Crippen LogP contribution in [0, 0.1) is 0 Å². The summed E-state index contributed by atoms with van der Waals surface area (Å²) in [6.45, 7) is 6.90. The zero-order chi connectivity index (χ0) is 13.5. The van der Waals surface area contributed by atoms with E-state index in [9.17, 15) is 0 Å². The van der Waals surface area contributed by atoms with Crippen LogP contribution in [0.5, 0.6) is 0 Å². The molecular formula is C14H26N4O. The lowest BCUT2D eigenvalue weighted by Crippen LogP contribution is -2.36. The van der Waals surface area contributed by atoms with Gasteiger partial charge in [0.05, 0.1) is 6.54 Å². The van der Waals surface area contributed by atoms with E-state index in [1.54, 1.807) is 0 Å². The predicted octanol–water partition coefficient (Wildman–Crippen LogP) is 2.73. The number of anilines is 1. The molecule has 0 aromatic carbocycles. The smallest absolute Gasteiger partial charge is 0.318 e. The van der Waals surface area contributed by atoms with Crippen LogP contribution in [0.25, 0.3) is 0 Å². The lowest BCUT2D eigenvalue weighted by Gasteiger charge is -2.31. The molecular weight excluding hydrogens is 240 g/mol. The normalized spacial score (nSPS) is 16.7. The van der Waals surface area contributed by atoms with Crippen molar-refractivity contribution in [2.45, 2.75) is 65.0 Å². The van der Waals surface area contributed by atoms with Gasteiger partial charge in [0.1, 0.15) is 0 Å². The van der Waals surface area contributed by atoms with Gasteiger partial charge in [-0.1, -0.05) is 31.3 Å². The Morgan fingerprint density at radius 2 is 2.00 bits per heavy atom. The highest BCUT2D eigenvalue weighted by Gasteiger charge is 2.24. The summed E-state index contributed by atoms with van der Waals surface area (Å²) in [5, 5.41) is 11.6. The van der Waals surface area contributed by atoms with Crippen molar-refractivity contribution in [2.24, 2.45) is 0 Å². The van der Waals surface area contributed by atoms with Crippen LogP contribution in [0.15, 0.2) is 4.42 Å². The minimum absolute atomic E-state index is 0.579. The van der Waals surface area contributed by atoms with Crippen molar-refractivity contribution >= 4 is 6.01 Å². The molecule has 0 radical (unpaired) electrons. The van der Waals surface area contributed by atoms with Crippen molar-refractivity contribution in [2.75, 3.05) is 18.0 Å². The zero-order valence-corrected chi connectivity index (χ0v) is 12.2. The highest BCUT2D eigenvalue weighted by molar-refractivity contribution is 5.26. The summed E-state index contributed by atoms with van der Waals surface area (Å²) in [5.41, 5.74) is 0. The molecule has 0 atom stereocenters. The molecule has 1 aromatic heterocycles. The summed E-state index contributed by atoms with van der Waals surface area (Å²) >= 11 is 0. The standard InChI is InChI=1S/C14H26N4O/c1-3-10-15-11-13-16-17-14(19-13)18(4-2)12-8-6-5-7-9-12/h12,15H,3-11H2,1-2H3. The molecule has 0 unspecified atom stereocenters. The monoisotopic (exact) mass is 266 g/mol.